The van der Waals surface area contributed by atoms with Gasteiger partial charge in [0.25, 0.3) is 0 Å². The first-order valence-electron chi connectivity index (χ1n) is 2.01. The monoisotopic (exact) mass is 116 g/mol. The van der Waals surface area contributed by atoms with Gasteiger partial charge in [0, 0.05) is 0 Å². The summed E-state index contributed by atoms with van der Waals surface area (Å²) in [5.41, 5.74) is 4.55. The number of carbonyl (C=O) groups is 1. The lowest BCUT2D eigenvalue weighted by Crippen LogP contribution is -2.35. The van der Waals surface area contributed by atoms with E-state index in [9.17, 15) is 4.79 Å². The van der Waals surface area contributed by atoms with E-state index < -0.39 is 0 Å². The quantitative estimate of drug-likeness (QED) is 0.135. The van der Waals surface area contributed by atoms with Crippen molar-refractivity contribution in [1.29, 1.82) is 0 Å². The molecule has 0 unspecified atom stereocenters. The van der Waals surface area contributed by atoms with Gasteiger partial charge in [-0.05, 0) is 6.92 Å². The number of carbonyl (C=O) groups excluding carboxylic acids is 1. The van der Waals surface area contributed by atoms with Crippen molar-refractivity contribution < 1.29 is 4.79 Å². The molecular formula is C3H8N4O. The minimum atomic E-state index is 0.456. The summed E-state index contributed by atoms with van der Waals surface area (Å²) < 4.78 is 0. The smallest absolute Gasteiger partial charge is 0.225 e. The van der Waals surface area contributed by atoms with Gasteiger partial charge in [-0.1, -0.05) is 0 Å². The fraction of sp³-hybridized carbons (Fsp3) is 0.333. The maximum atomic E-state index is 9.56. The molecule has 0 aliphatic carbocycles. The Morgan fingerprint density at radius 3 is 2.88 bits per heavy atom. The first-order chi connectivity index (χ1) is 3.81. The van der Waals surface area contributed by atoms with Gasteiger partial charge in [0.1, 0.15) is 5.84 Å². The first-order valence-corrected chi connectivity index (χ1v) is 2.01. The van der Waals surface area contributed by atoms with Crippen LogP contribution in [0.1, 0.15) is 6.92 Å². The summed E-state index contributed by atoms with van der Waals surface area (Å²) in [6.07, 6.45) is 0.495. The van der Waals surface area contributed by atoms with Gasteiger partial charge in [-0.15, -0.1) is 0 Å². The lowest BCUT2D eigenvalue weighted by Gasteiger charge is -1.97. The molecule has 0 fully saturated rings. The number of hydrazine groups is 1. The zero-order valence-corrected chi connectivity index (χ0v) is 4.51. The molecule has 0 atom stereocenters. The van der Waals surface area contributed by atoms with Crippen molar-refractivity contribution in [2.75, 3.05) is 0 Å². The van der Waals surface area contributed by atoms with Crippen molar-refractivity contribution in [3.63, 3.8) is 0 Å². The van der Waals surface area contributed by atoms with Crippen molar-refractivity contribution in [2.45, 2.75) is 6.92 Å². The average molecular weight is 116 g/mol. The molecule has 0 aliphatic rings. The van der Waals surface area contributed by atoms with Crippen LogP contribution in [-0.2, 0) is 4.79 Å². The van der Waals surface area contributed by atoms with E-state index in [4.69, 9.17) is 5.84 Å². The van der Waals surface area contributed by atoms with E-state index >= 15 is 0 Å². The zero-order chi connectivity index (χ0) is 6.41. The third-order valence-corrected chi connectivity index (χ3v) is 0.506. The minimum absolute atomic E-state index is 0.456. The van der Waals surface area contributed by atoms with E-state index in [1.54, 1.807) is 6.92 Å². The van der Waals surface area contributed by atoms with Crippen LogP contribution in [-0.4, -0.2) is 12.2 Å². The lowest BCUT2D eigenvalue weighted by atomic mass is 10.7. The Bertz CT molecular complexity index is 99.5. The summed E-state index contributed by atoms with van der Waals surface area (Å²) in [5.74, 6) is 5.24. The van der Waals surface area contributed by atoms with E-state index in [1.807, 2.05) is 0 Å². The third kappa shape index (κ3) is 2.95. The van der Waals surface area contributed by atoms with Gasteiger partial charge in [0.15, 0.2) is 0 Å². The zero-order valence-electron chi connectivity index (χ0n) is 4.51. The van der Waals surface area contributed by atoms with Crippen LogP contribution in [0.25, 0.3) is 0 Å². The predicted molar refractivity (Wildman–Crippen MR) is 29.6 cm³/mol. The number of amides is 1. The van der Waals surface area contributed by atoms with Crippen LogP contribution in [0.4, 0.5) is 0 Å². The van der Waals surface area contributed by atoms with Gasteiger partial charge in [0.05, 0.1) is 0 Å². The minimum Gasteiger partial charge on any atom is -0.322 e. The molecule has 4 N–H and O–H groups in total. The highest BCUT2D eigenvalue weighted by molar-refractivity contribution is 5.79. The summed E-state index contributed by atoms with van der Waals surface area (Å²) in [5, 5.41) is 3.21. The second-order valence-corrected chi connectivity index (χ2v) is 1.10. The van der Waals surface area contributed by atoms with Crippen molar-refractivity contribution in [2.24, 2.45) is 10.9 Å². The Morgan fingerprint density at radius 2 is 2.50 bits per heavy atom. The maximum absolute atomic E-state index is 9.56. The van der Waals surface area contributed by atoms with Gasteiger partial charge in [-0.2, -0.15) is 5.10 Å². The highest BCUT2D eigenvalue weighted by Gasteiger charge is 1.80. The normalized spacial score (nSPS) is 10.4. The number of nitrogens with zero attached hydrogens (tertiary/aromatic N) is 1. The summed E-state index contributed by atoms with van der Waals surface area (Å²) in [7, 11) is 0. The van der Waals surface area contributed by atoms with Gasteiger partial charge in [-0.3, -0.25) is 15.6 Å². The van der Waals surface area contributed by atoms with Gasteiger partial charge in [-0.25, -0.2) is 0 Å². The van der Waals surface area contributed by atoms with E-state index in [0.717, 1.165) is 0 Å². The molecule has 0 saturated heterocycles. The molecule has 5 nitrogen and oxygen atoms in total. The summed E-state index contributed by atoms with van der Waals surface area (Å²) in [6, 6.07) is 0. The third-order valence-electron chi connectivity index (χ3n) is 0.506. The molecule has 5 heteroatoms. The molecule has 0 heterocycles. The van der Waals surface area contributed by atoms with Gasteiger partial charge < -0.3 is 5.84 Å². The average Bonchev–Trinajstić information content (AvgIpc) is 1.83. The molecule has 0 saturated carbocycles. The van der Waals surface area contributed by atoms with Crippen LogP contribution in [0.3, 0.4) is 0 Å². The molecular weight excluding hydrogens is 108 g/mol. The second kappa shape index (κ2) is 3.91. The SMILES string of the molecule is CC(=NN)NNC=O. The highest BCUT2D eigenvalue weighted by atomic mass is 16.1. The Hall–Kier alpha value is -1.26. The van der Waals surface area contributed by atoms with E-state index in [-0.39, 0.29) is 0 Å². The van der Waals surface area contributed by atoms with Crippen LogP contribution in [0.2, 0.25) is 0 Å². The molecule has 46 valence electrons. The summed E-state index contributed by atoms with van der Waals surface area (Å²) in [6.45, 7) is 1.62. The Balaban J connectivity index is 3.24. The molecule has 0 aromatic rings. The van der Waals surface area contributed by atoms with Crippen LogP contribution in [0.15, 0.2) is 5.10 Å². The lowest BCUT2D eigenvalue weighted by molar-refractivity contribution is -0.110. The number of hydrogen-bond acceptors (Lipinski definition) is 3. The van der Waals surface area contributed by atoms with Crippen molar-refractivity contribution >= 4 is 12.2 Å². The van der Waals surface area contributed by atoms with Crippen LogP contribution in [0, 0.1) is 0 Å². The topological polar surface area (TPSA) is 79.5 Å². The summed E-state index contributed by atoms with van der Waals surface area (Å²) in [4.78, 5) is 9.56. The van der Waals surface area contributed by atoms with E-state index in [2.05, 4.69) is 16.0 Å². The molecule has 1 amide bonds. The maximum Gasteiger partial charge on any atom is 0.225 e. The largest absolute Gasteiger partial charge is 0.322 e. The van der Waals surface area contributed by atoms with Gasteiger partial charge >= 0.3 is 0 Å². The molecule has 0 aromatic carbocycles. The summed E-state index contributed by atoms with van der Waals surface area (Å²) >= 11 is 0. The molecule has 0 bridgehead atoms. The van der Waals surface area contributed by atoms with Gasteiger partial charge in [0.2, 0.25) is 6.41 Å². The fourth-order valence-electron chi connectivity index (χ4n) is 0.166. The van der Waals surface area contributed by atoms with E-state index in [0.29, 0.717) is 12.2 Å². The molecule has 0 aromatic heterocycles. The Kier molecular flexibility index (Phi) is 3.30. The standard InChI is InChI=1S/C3H8N4O/c1-3(6-4)7-5-2-8/h2H,4H2,1H3,(H,5,8)(H,6,7). The van der Waals surface area contributed by atoms with E-state index in [1.165, 1.54) is 0 Å². The van der Waals surface area contributed by atoms with Crippen LogP contribution < -0.4 is 16.7 Å². The molecule has 8 heavy (non-hydrogen) atoms. The number of amidine groups is 1. The predicted octanol–water partition coefficient (Wildman–Crippen LogP) is -1.47. The number of nitrogens with two attached hydrogens (primary N) is 1. The second-order valence-electron chi connectivity index (χ2n) is 1.10. The van der Waals surface area contributed by atoms with Crippen LogP contribution >= 0.6 is 0 Å². The number of hydrazone groups is 1. The van der Waals surface area contributed by atoms with Crippen molar-refractivity contribution in [3.8, 4) is 0 Å². The Morgan fingerprint density at radius 1 is 1.88 bits per heavy atom. The molecule has 0 spiro atoms. The number of nitrogens with one attached hydrogen (secondary N) is 2. The van der Waals surface area contributed by atoms with Crippen LogP contribution in [0.5, 0.6) is 0 Å². The van der Waals surface area contributed by atoms with Crippen molar-refractivity contribution in [3.05, 3.63) is 0 Å². The highest BCUT2D eigenvalue weighted by Crippen LogP contribution is 1.56. The molecule has 0 aliphatic heterocycles. The first kappa shape index (κ1) is 6.74. The number of hydrogen-bond donors (Lipinski definition) is 3. The number of rotatable bonds is 2. The van der Waals surface area contributed by atoms with Crippen molar-refractivity contribution in [1.82, 2.24) is 10.9 Å². The molecule has 0 rings (SSSR count). The molecule has 0 radical (unpaired) electrons. The fourth-order valence-corrected chi connectivity index (χ4v) is 0.166. The Labute approximate surface area is 46.9 Å².